The maximum Gasteiger partial charge on any atom is 0.119 e. The molecule has 0 fully saturated rings. The molecule has 1 aromatic rings. The zero-order chi connectivity index (χ0) is 10.6. The summed E-state index contributed by atoms with van der Waals surface area (Å²) < 4.78 is 5.35. The molecule has 14 heavy (non-hydrogen) atoms. The van der Waals surface area contributed by atoms with E-state index >= 15 is 0 Å². The maximum absolute atomic E-state index is 5.95. The molecule has 0 spiro atoms. The van der Waals surface area contributed by atoms with Crippen molar-refractivity contribution in [1.29, 1.82) is 0 Å². The summed E-state index contributed by atoms with van der Waals surface area (Å²) in [6.07, 6.45) is -0.0503. The molecule has 2 N–H and O–H groups in total. The third-order valence-electron chi connectivity index (χ3n) is 2.09. The number of benzene rings is 1. The van der Waals surface area contributed by atoms with Gasteiger partial charge in [0.15, 0.2) is 0 Å². The van der Waals surface area contributed by atoms with Crippen LogP contribution < -0.4 is 10.5 Å². The molecule has 78 valence electrons. The molecule has 1 unspecified atom stereocenters. The number of ether oxygens (including phenoxy) is 1. The molecule has 0 bridgehead atoms. The van der Waals surface area contributed by atoms with Gasteiger partial charge in [-0.15, -0.1) is 0 Å². The number of rotatable bonds is 4. The summed E-state index contributed by atoms with van der Waals surface area (Å²) in [5.41, 5.74) is 7.04. The normalized spacial score (nSPS) is 12.9. The molecule has 0 radical (unpaired) electrons. The summed E-state index contributed by atoms with van der Waals surface area (Å²) in [6.45, 7) is 2.67. The molecule has 1 aromatic carbocycles. The Balaban J connectivity index is 2.72. The van der Waals surface area contributed by atoms with Crippen LogP contribution >= 0.6 is 0 Å². The lowest BCUT2D eigenvalue weighted by Gasteiger charge is -2.20. The minimum Gasteiger partial charge on any atom is -0.494 e. The number of hydrogen-bond acceptors (Lipinski definition) is 3. The van der Waals surface area contributed by atoms with Crippen LogP contribution in [-0.2, 0) is 0 Å². The highest BCUT2D eigenvalue weighted by Crippen LogP contribution is 2.17. The number of hydrogen-bond donors (Lipinski definition) is 1. The van der Waals surface area contributed by atoms with Crippen molar-refractivity contribution in [3.63, 3.8) is 0 Å². The van der Waals surface area contributed by atoms with E-state index in [-0.39, 0.29) is 6.17 Å². The van der Waals surface area contributed by atoms with E-state index in [4.69, 9.17) is 10.5 Å². The molecular formula is C11H18N2O. The van der Waals surface area contributed by atoms with Crippen LogP contribution in [0.15, 0.2) is 24.3 Å². The Labute approximate surface area is 85.5 Å². The first-order valence-electron chi connectivity index (χ1n) is 4.80. The van der Waals surface area contributed by atoms with Crippen LogP contribution in [-0.4, -0.2) is 25.6 Å². The van der Waals surface area contributed by atoms with Gasteiger partial charge >= 0.3 is 0 Å². The second kappa shape index (κ2) is 4.98. The molecule has 0 saturated carbocycles. The van der Waals surface area contributed by atoms with Crippen molar-refractivity contribution in [2.75, 3.05) is 20.7 Å². The van der Waals surface area contributed by atoms with E-state index in [0.717, 1.165) is 11.3 Å². The summed E-state index contributed by atoms with van der Waals surface area (Å²) in [4.78, 5) is 1.97. The Bertz CT molecular complexity index is 269. The van der Waals surface area contributed by atoms with E-state index in [9.17, 15) is 0 Å². The van der Waals surface area contributed by atoms with Crippen molar-refractivity contribution in [1.82, 2.24) is 4.90 Å². The zero-order valence-corrected chi connectivity index (χ0v) is 9.03. The summed E-state index contributed by atoms with van der Waals surface area (Å²) in [5.74, 6) is 0.891. The van der Waals surface area contributed by atoms with Gasteiger partial charge in [-0.1, -0.05) is 12.1 Å². The van der Waals surface area contributed by atoms with E-state index < -0.39 is 0 Å². The second-order valence-corrected chi connectivity index (χ2v) is 3.41. The Morgan fingerprint density at radius 3 is 2.29 bits per heavy atom. The topological polar surface area (TPSA) is 38.5 Å². The molecule has 3 nitrogen and oxygen atoms in total. The fraction of sp³-hybridized carbons (Fsp3) is 0.455. The minimum atomic E-state index is -0.0503. The Morgan fingerprint density at radius 2 is 1.86 bits per heavy atom. The Kier molecular flexibility index (Phi) is 3.92. The van der Waals surface area contributed by atoms with Crippen molar-refractivity contribution < 1.29 is 4.74 Å². The van der Waals surface area contributed by atoms with Gasteiger partial charge in [0.05, 0.1) is 12.8 Å². The van der Waals surface area contributed by atoms with Gasteiger partial charge in [-0.2, -0.15) is 0 Å². The van der Waals surface area contributed by atoms with Crippen LogP contribution in [0.1, 0.15) is 18.7 Å². The van der Waals surface area contributed by atoms with Crippen LogP contribution in [0.5, 0.6) is 5.75 Å². The predicted octanol–water partition coefficient (Wildman–Crippen LogP) is 1.60. The smallest absolute Gasteiger partial charge is 0.119 e. The average Bonchev–Trinajstić information content (AvgIpc) is 2.18. The summed E-state index contributed by atoms with van der Waals surface area (Å²) in [6, 6.07) is 7.88. The molecule has 0 aliphatic carbocycles. The fourth-order valence-electron chi connectivity index (χ4n) is 1.23. The largest absolute Gasteiger partial charge is 0.494 e. The first kappa shape index (κ1) is 11.0. The summed E-state index contributed by atoms with van der Waals surface area (Å²) >= 11 is 0. The van der Waals surface area contributed by atoms with Gasteiger partial charge < -0.3 is 10.5 Å². The third-order valence-corrected chi connectivity index (χ3v) is 2.09. The van der Waals surface area contributed by atoms with Crippen LogP contribution in [0.3, 0.4) is 0 Å². The highest BCUT2D eigenvalue weighted by atomic mass is 16.5. The standard InChI is InChI=1S/C11H18N2O/c1-4-14-10-7-5-9(6-8-10)11(12)13(2)3/h5-8,11H,4,12H2,1-3H3. The fourth-order valence-corrected chi connectivity index (χ4v) is 1.23. The lowest BCUT2D eigenvalue weighted by molar-refractivity contribution is 0.306. The van der Waals surface area contributed by atoms with Crippen molar-refractivity contribution >= 4 is 0 Å². The lowest BCUT2D eigenvalue weighted by atomic mass is 10.1. The highest BCUT2D eigenvalue weighted by molar-refractivity contribution is 5.28. The van der Waals surface area contributed by atoms with Crippen molar-refractivity contribution in [2.24, 2.45) is 5.73 Å². The molecule has 0 aliphatic rings. The van der Waals surface area contributed by atoms with Gasteiger partial charge in [-0.05, 0) is 38.7 Å². The average molecular weight is 194 g/mol. The van der Waals surface area contributed by atoms with Crippen LogP contribution in [0.4, 0.5) is 0 Å². The van der Waals surface area contributed by atoms with Crippen LogP contribution in [0, 0.1) is 0 Å². The quantitative estimate of drug-likeness (QED) is 0.740. The van der Waals surface area contributed by atoms with Crippen molar-refractivity contribution in [3.8, 4) is 5.75 Å². The SMILES string of the molecule is CCOc1ccc(C(N)N(C)C)cc1. The van der Waals surface area contributed by atoms with Gasteiger partial charge in [0.25, 0.3) is 0 Å². The second-order valence-electron chi connectivity index (χ2n) is 3.41. The zero-order valence-electron chi connectivity index (χ0n) is 9.03. The molecule has 0 heterocycles. The van der Waals surface area contributed by atoms with E-state index in [2.05, 4.69) is 0 Å². The molecule has 3 heteroatoms. The van der Waals surface area contributed by atoms with Crippen molar-refractivity contribution in [2.45, 2.75) is 13.1 Å². The summed E-state index contributed by atoms with van der Waals surface area (Å²) in [5, 5.41) is 0. The molecular weight excluding hydrogens is 176 g/mol. The van der Waals surface area contributed by atoms with Crippen LogP contribution in [0.25, 0.3) is 0 Å². The van der Waals surface area contributed by atoms with Gasteiger partial charge in [0.2, 0.25) is 0 Å². The molecule has 1 rings (SSSR count). The summed E-state index contributed by atoms with van der Waals surface area (Å²) in [7, 11) is 3.92. The monoisotopic (exact) mass is 194 g/mol. The predicted molar refractivity (Wildman–Crippen MR) is 58.2 cm³/mol. The van der Waals surface area contributed by atoms with Crippen LogP contribution in [0.2, 0.25) is 0 Å². The number of nitrogens with zero attached hydrogens (tertiary/aromatic N) is 1. The lowest BCUT2D eigenvalue weighted by Crippen LogP contribution is -2.27. The minimum absolute atomic E-state index is 0.0503. The Morgan fingerprint density at radius 1 is 1.29 bits per heavy atom. The molecule has 0 saturated heterocycles. The van der Waals surface area contributed by atoms with E-state index in [1.807, 2.05) is 50.2 Å². The maximum atomic E-state index is 5.95. The van der Waals surface area contributed by atoms with E-state index in [0.29, 0.717) is 6.61 Å². The molecule has 0 aromatic heterocycles. The van der Waals surface area contributed by atoms with E-state index in [1.165, 1.54) is 0 Å². The van der Waals surface area contributed by atoms with E-state index in [1.54, 1.807) is 0 Å². The molecule has 0 aliphatic heterocycles. The molecule has 0 amide bonds. The highest BCUT2D eigenvalue weighted by Gasteiger charge is 2.07. The first-order chi connectivity index (χ1) is 6.65. The first-order valence-corrected chi connectivity index (χ1v) is 4.80. The third kappa shape index (κ3) is 2.72. The van der Waals surface area contributed by atoms with Gasteiger partial charge in [-0.3, -0.25) is 4.90 Å². The van der Waals surface area contributed by atoms with Gasteiger partial charge in [0.1, 0.15) is 5.75 Å². The van der Waals surface area contributed by atoms with Gasteiger partial charge in [0, 0.05) is 0 Å². The van der Waals surface area contributed by atoms with Crippen molar-refractivity contribution in [3.05, 3.63) is 29.8 Å². The van der Waals surface area contributed by atoms with Gasteiger partial charge in [-0.25, -0.2) is 0 Å². The number of nitrogens with two attached hydrogens (primary N) is 1. The molecule has 1 atom stereocenters. The Hall–Kier alpha value is -1.06.